The topological polar surface area (TPSA) is 77.8 Å². The van der Waals surface area contributed by atoms with Gasteiger partial charge in [-0.15, -0.1) is 0 Å². The van der Waals surface area contributed by atoms with E-state index in [2.05, 4.69) is 5.32 Å². The highest BCUT2D eigenvalue weighted by molar-refractivity contribution is 6.03. The maximum atomic E-state index is 11.5. The molecule has 0 fully saturated rings. The van der Waals surface area contributed by atoms with Gasteiger partial charge < -0.3 is 4.74 Å². The van der Waals surface area contributed by atoms with Gasteiger partial charge in [-0.1, -0.05) is 6.08 Å². The van der Waals surface area contributed by atoms with E-state index in [1.165, 1.54) is 19.2 Å². The summed E-state index contributed by atoms with van der Waals surface area (Å²) >= 11 is 0. The molecule has 89 valence electrons. The molecule has 2 atom stereocenters. The Morgan fingerprint density at radius 1 is 1.47 bits per heavy atom. The zero-order valence-electron chi connectivity index (χ0n) is 9.20. The number of esters is 1. The average Bonchev–Trinajstić information content (AvgIpc) is 2.65. The monoisotopic (exact) mass is 235 g/mol. The van der Waals surface area contributed by atoms with Crippen molar-refractivity contribution < 1.29 is 19.1 Å². The van der Waals surface area contributed by atoms with Gasteiger partial charge in [0.2, 0.25) is 0 Å². The second kappa shape index (κ2) is 4.40. The molecule has 1 aliphatic carbocycles. The number of nitrogens with zero attached hydrogens (tertiary/aromatic N) is 2. The SMILES string of the molecule is CC(=O)OC1C=CC(N2C(=O)C=C[N]C2=O)C1. The summed E-state index contributed by atoms with van der Waals surface area (Å²) in [6.07, 6.45) is 5.77. The van der Waals surface area contributed by atoms with Crippen molar-refractivity contribution in [1.29, 1.82) is 0 Å². The third-order valence-corrected chi connectivity index (χ3v) is 2.52. The van der Waals surface area contributed by atoms with Crippen molar-refractivity contribution in [2.45, 2.75) is 25.5 Å². The minimum Gasteiger partial charge on any atom is -0.458 e. The van der Waals surface area contributed by atoms with Crippen LogP contribution in [0.3, 0.4) is 0 Å². The summed E-state index contributed by atoms with van der Waals surface area (Å²) in [6, 6.07) is -0.983. The first-order valence-electron chi connectivity index (χ1n) is 5.18. The Morgan fingerprint density at radius 3 is 2.88 bits per heavy atom. The van der Waals surface area contributed by atoms with Gasteiger partial charge >= 0.3 is 12.0 Å². The molecule has 2 rings (SSSR count). The van der Waals surface area contributed by atoms with Crippen molar-refractivity contribution in [1.82, 2.24) is 10.2 Å². The molecule has 0 aromatic carbocycles. The van der Waals surface area contributed by atoms with Gasteiger partial charge in [-0.25, -0.2) is 10.1 Å². The summed E-state index contributed by atoms with van der Waals surface area (Å²) in [5.41, 5.74) is 0. The molecular weight excluding hydrogens is 224 g/mol. The van der Waals surface area contributed by atoms with Crippen molar-refractivity contribution in [3.05, 3.63) is 24.4 Å². The van der Waals surface area contributed by atoms with E-state index < -0.39 is 18.0 Å². The van der Waals surface area contributed by atoms with Gasteiger partial charge in [0.15, 0.2) is 0 Å². The quantitative estimate of drug-likeness (QED) is 0.510. The molecule has 2 aliphatic rings. The van der Waals surface area contributed by atoms with E-state index in [0.717, 1.165) is 4.90 Å². The first-order valence-corrected chi connectivity index (χ1v) is 5.18. The molecule has 0 aromatic rings. The van der Waals surface area contributed by atoms with Gasteiger partial charge in [0.25, 0.3) is 5.91 Å². The van der Waals surface area contributed by atoms with Crippen molar-refractivity contribution in [3.8, 4) is 0 Å². The lowest BCUT2D eigenvalue weighted by Gasteiger charge is -2.26. The number of ether oxygens (including phenoxy) is 1. The molecule has 0 bridgehead atoms. The van der Waals surface area contributed by atoms with E-state index >= 15 is 0 Å². The van der Waals surface area contributed by atoms with Crippen LogP contribution in [0.5, 0.6) is 0 Å². The molecule has 6 nitrogen and oxygen atoms in total. The number of hydrogen-bond donors (Lipinski definition) is 0. The van der Waals surface area contributed by atoms with Crippen molar-refractivity contribution in [2.75, 3.05) is 0 Å². The van der Waals surface area contributed by atoms with Crippen LogP contribution < -0.4 is 5.32 Å². The Labute approximate surface area is 97.9 Å². The summed E-state index contributed by atoms with van der Waals surface area (Å²) in [7, 11) is 0. The molecule has 2 unspecified atom stereocenters. The van der Waals surface area contributed by atoms with E-state index in [-0.39, 0.29) is 12.1 Å². The predicted molar refractivity (Wildman–Crippen MR) is 56.6 cm³/mol. The maximum absolute atomic E-state index is 11.5. The second-order valence-electron chi connectivity index (χ2n) is 3.77. The third kappa shape index (κ3) is 2.35. The summed E-state index contributed by atoms with van der Waals surface area (Å²) in [5, 5.41) is 3.54. The van der Waals surface area contributed by atoms with E-state index in [1.54, 1.807) is 12.2 Å². The molecule has 1 aliphatic heterocycles. The van der Waals surface area contributed by atoms with Crippen molar-refractivity contribution in [3.63, 3.8) is 0 Å². The Morgan fingerprint density at radius 2 is 2.24 bits per heavy atom. The smallest absolute Gasteiger partial charge is 0.351 e. The van der Waals surface area contributed by atoms with Crippen molar-refractivity contribution in [2.24, 2.45) is 0 Å². The highest BCUT2D eigenvalue weighted by atomic mass is 16.5. The minimum atomic E-state index is -0.587. The molecular formula is C11H11N2O4. The Hall–Kier alpha value is -2.11. The van der Waals surface area contributed by atoms with Crippen LogP contribution >= 0.6 is 0 Å². The molecule has 0 saturated heterocycles. The van der Waals surface area contributed by atoms with Crippen LogP contribution in [0.15, 0.2) is 24.4 Å². The van der Waals surface area contributed by atoms with Crippen LogP contribution in [0.1, 0.15) is 13.3 Å². The largest absolute Gasteiger partial charge is 0.458 e. The van der Waals surface area contributed by atoms with E-state index in [9.17, 15) is 14.4 Å². The molecule has 6 heteroatoms. The molecule has 0 N–H and O–H groups in total. The van der Waals surface area contributed by atoms with E-state index in [0.29, 0.717) is 6.42 Å². The van der Waals surface area contributed by atoms with Gasteiger partial charge in [-0.3, -0.25) is 14.5 Å². The van der Waals surface area contributed by atoms with Crippen LogP contribution in [-0.2, 0) is 14.3 Å². The fourth-order valence-corrected chi connectivity index (χ4v) is 1.85. The molecule has 0 spiro atoms. The lowest BCUT2D eigenvalue weighted by Crippen LogP contribution is -2.47. The van der Waals surface area contributed by atoms with E-state index in [4.69, 9.17) is 4.74 Å². The second-order valence-corrected chi connectivity index (χ2v) is 3.77. The van der Waals surface area contributed by atoms with Crippen molar-refractivity contribution >= 4 is 17.9 Å². The first-order chi connectivity index (χ1) is 8.08. The zero-order valence-corrected chi connectivity index (χ0v) is 9.20. The third-order valence-electron chi connectivity index (χ3n) is 2.52. The standard InChI is InChI=1S/C11H11N2O4/c1-7(14)17-9-3-2-8(6-9)13-10(15)4-5-12-11(13)16/h2-5,8-9H,6H2,1H3. The van der Waals surface area contributed by atoms with Gasteiger partial charge in [-0.2, -0.15) is 0 Å². The number of imide groups is 1. The average molecular weight is 235 g/mol. The summed E-state index contributed by atoms with van der Waals surface area (Å²) in [4.78, 5) is 34.8. The number of carbonyl (C=O) groups excluding carboxylic acids is 3. The molecule has 1 heterocycles. The van der Waals surface area contributed by atoms with Crippen LogP contribution in [-0.4, -0.2) is 35.0 Å². The Balaban J connectivity index is 2.03. The molecule has 1 radical (unpaired) electrons. The zero-order chi connectivity index (χ0) is 12.4. The van der Waals surface area contributed by atoms with Crippen LogP contribution in [0.25, 0.3) is 0 Å². The normalized spacial score (nSPS) is 27.2. The summed E-state index contributed by atoms with van der Waals surface area (Å²) in [6.45, 7) is 1.32. The number of rotatable bonds is 2. The van der Waals surface area contributed by atoms with Crippen LogP contribution in [0.4, 0.5) is 4.79 Å². The maximum Gasteiger partial charge on any atom is 0.351 e. The number of hydrogen-bond acceptors (Lipinski definition) is 4. The highest BCUT2D eigenvalue weighted by Crippen LogP contribution is 2.21. The molecule has 0 saturated carbocycles. The minimum absolute atomic E-state index is 0.385. The summed E-state index contributed by atoms with van der Waals surface area (Å²) < 4.78 is 4.98. The van der Waals surface area contributed by atoms with Gasteiger partial charge in [-0.05, 0) is 6.08 Å². The van der Waals surface area contributed by atoms with Gasteiger partial charge in [0, 0.05) is 25.6 Å². The first kappa shape index (κ1) is 11.4. The van der Waals surface area contributed by atoms with Crippen LogP contribution in [0, 0.1) is 0 Å². The lowest BCUT2D eigenvalue weighted by molar-refractivity contribution is -0.144. The molecule has 0 aromatic heterocycles. The van der Waals surface area contributed by atoms with Gasteiger partial charge in [0.05, 0.1) is 6.04 Å². The fourth-order valence-electron chi connectivity index (χ4n) is 1.85. The molecule has 17 heavy (non-hydrogen) atoms. The summed E-state index contributed by atoms with van der Waals surface area (Å²) in [5.74, 6) is -0.788. The van der Waals surface area contributed by atoms with Gasteiger partial charge in [0.1, 0.15) is 6.10 Å². The number of carbonyl (C=O) groups is 3. The molecule has 3 amide bonds. The Kier molecular flexibility index (Phi) is 2.95. The predicted octanol–water partition coefficient (Wildman–Crippen LogP) is 0.327. The van der Waals surface area contributed by atoms with E-state index in [1.807, 2.05) is 0 Å². The fraction of sp³-hybridized carbons (Fsp3) is 0.364. The van der Waals surface area contributed by atoms with Crippen LogP contribution in [0.2, 0.25) is 0 Å². The highest BCUT2D eigenvalue weighted by Gasteiger charge is 2.34. The number of urea groups is 1. The lowest BCUT2D eigenvalue weighted by atomic mass is 10.2. The number of amides is 3. The Bertz CT molecular complexity index is 427.